The van der Waals surface area contributed by atoms with Crippen LogP contribution < -0.4 is 11.2 Å². The molecule has 5 rings (SSSR count). The van der Waals surface area contributed by atoms with Crippen molar-refractivity contribution in [3.63, 3.8) is 0 Å². The van der Waals surface area contributed by atoms with Crippen molar-refractivity contribution in [3.8, 4) is 10.7 Å². The van der Waals surface area contributed by atoms with Gasteiger partial charge in [-0.25, -0.2) is 14.8 Å². The van der Waals surface area contributed by atoms with Crippen molar-refractivity contribution in [1.82, 2.24) is 19.1 Å². The molecule has 154 valence electrons. The summed E-state index contributed by atoms with van der Waals surface area (Å²) in [6, 6.07) is 18.3. The van der Waals surface area contributed by atoms with E-state index in [9.17, 15) is 9.59 Å². The van der Waals surface area contributed by atoms with Crippen molar-refractivity contribution in [2.45, 2.75) is 10.8 Å². The van der Waals surface area contributed by atoms with E-state index in [1.165, 1.54) is 45.5 Å². The average Bonchev–Trinajstić information content (AvgIpc) is 3.34. The minimum Gasteiger partial charge on any atom is -0.280 e. The van der Waals surface area contributed by atoms with Gasteiger partial charge in [0.1, 0.15) is 10.4 Å². The maximum Gasteiger partial charge on any atom is 0.332 e. The molecule has 0 unspecified atom stereocenters. The number of thioether (sulfide) groups is 1. The quantitative estimate of drug-likeness (QED) is 0.306. The molecule has 0 aliphatic heterocycles. The van der Waals surface area contributed by atoms with Gasteiger partial charge in [-0.05, 0) is 27.8 Å². The fraction of sp³-hybridized carbons (Fsp3) is 0.130. The Morgan fingerprint density at radius 2 is 1.74 bits per heavy atom. The summed E-state index contributed by atoms with van der Waals surface area (Å²) >= 11 is 3.01. The first-order valence-electron chi connectivity index (χ1n) is 9.65. The molecule has 0 spiro atoms. The second-order valence-electron chi connectivity index (χ2n) is 7.16. The minimum atomic E-state index is -0.404. The van der Waals surface area contributed by atoms with E-state index in [1.54, 1.807) is 7.05 Å². The van der Waals surface area contributed by atoms with Crippen molar-refractivity contribution in [2.24, 2.45) is 14.1 Å². The van der Waals surface area contributed by atoms with Crippen LogP contribution in [0.5, 0.6) is 0 Å². The molecule has 31 heavy (non-hydrogen) atoms. The van der Waals surface area contributed by atoms with E-state index in [2.05, 4.69) is 29.2 Å². The lowest BCUT2D eigenvalue weighted by molar-refractivity contribution is 0.703. The topological polar surface area (TPSA) is 69.8 Å². The Kier molecular flexibility index (Phi) is 4.95. The molecule has 2 aromatic carbocycles. The van der Waals surface area contributed by atoms with Crippen LogP contribution >= 0.6 is 23.1 Å². The number of fused-ring (bicyclic) bond motifs is 2. The third kappa shape index (κ3) is 3.37. The van der Waals surface area contributed by atoms with Gasteiger partial charge < -0.3 is 0 Å². The van der Waals surface area contributed by atoms with E-state index in [4.69, 9.17) is 4.98 Å². The molecule has 0 bridgehead atoms. The lowest BCUT2D eigenvalue weighted by Crippen LogP contribution is -2.37. The number of aryl methyl sites for hydroxylation is 1. The molecule has 0 aliphatic carbocycles. The highest BCUT2D eigenvalue weighted by atomic mass is 32.2. The van der Waals surface area contributed by atoms with Crippen LogP contribution in [-0.4, -0.2) is 19.1 Å². The number of aromatic nitrogens is 4. The van der Waals surface area contributed by atoms with Crippen LogP contribution in [0.2, 0.25) is 0 Å². The largest absolute Gasteiger partial charge is 0.332 e. The van der Waals surface area contributed by atoms with E-state index in [1.807, 2.05) is 35.7 Å². The fourth-order valence-corrected chi connectivity index (χ4v) is 5.29. The summed E-state index contributed by atoms with van der Waals surface area (Å²) in [4.78, 5) is 35.7. The summed E-state index contributed by atoms with van der Waals surface area (Å²) in [5.74, 6) is 1.16. The molecule has 0 aliphatic rings. The van der Waals surface area contributed by atoms with E-state index in [0.717, 1.165) is 15.0 Å². The molecule has 0 N–H and O–H groups in total. The molecule has 0 amide bonds. The molecule has 0 saturated carbocycles. The smallest absolute Gasteiger partial charge is 0.280 e. The summed E-state index contributed by atoms with van der Waals surface area (Å²) in [7, 11) is 3.12. The Morgan fingerprint density at radius 1 is 0.935 bits per heavy atom. The molecule has 0 saturated heterocycles. The van der Waals surface area contributed by atoms with Crippen LogP contribution in [0, 0.1) is 0 Å². The maximum absolute atomic E-state index is 13.0. The number of thiophene rings is 1. The number of hydrogen-bond acceptors (Lipinski definition) is 6. The summed E-state index contributed by atoms with van der Waals surface area (Å²) in [6.45, 7) is 0. The molecule has 0 radical (unpaired) electrons. The van der Waals surface area contributed by atoms with Gasteiger partial charge in [0.05, 0.1) is 4.88 Å². The summed E-state index contributed by atoms with van der Waals surface area (Å²) in [5, 5.41) is 5.25. The average molecular weight is 447 g/mol. The molecule has 0 atom stereocenters. The molecule has 3 aromatic heterocycles. The van der Waals surface area contributed by atoms with Crippen molar-refractivity contribution in [1.29, 1.82) is 0 Å². The Bertz CT molecular complexity index is 1550. The molecule has 6 nitrogen and oxygen atoms in total. The SMILES string of the molecule is Cn1c(=O)c2c(SCc3cccc4ccccc34)nc(-c3cccs3)nc2n(C)c1=O. The van der Waals surface area contributed by atoms with Gasteiger partial charge in [0, 0.05) is 19.8 Å². The zero-order valence-electron chi connectivity index (χ0n) is 16.9. The highest BCUT2D eigenvalue weighted by molar-refractivity contribution is 7.98. The molecule has 0 fully saturated rings. The van der Waals surface area contributed by atoms with Gasteiger partial charge in [0.2, 0.25) is 0 Å². The van der Waals surface area contributed by atoms with Gasteiger partial charge in [-0.1, -0.05) is 48.5 Å². The lowest BCUT2D eigenvalue weighted by Gasteiger charge is -2.12. The van der Waals surface area contributed by atoms with Crippen LogP contribution in [0.15, 0.2) is 74.6 Å². The number of benzene rings is 2. The highest BCUT2D eigenvalue weighted by Gasteiger charge is 2.18. The van der Waals surface area contributed by atoms with E-state index >= 15 is 0 Å². The minimum absolute atomic E-state index is 0.354. The molecule has 5 aromatic rings. The van der Waals surface area contributed by atoms with E-state index in [-0.39, 0.29) is 5.56 Å². The van der Waals surface area contributed by atoms with Gasteiger partial charge in [0.25, 0.3) is 5.56 Å². The standard InChI is InChI=1S/C23H18N4O2S2/c1-26-20-18(22(28)27(2)23(26)29)21(25-19(24-20)17-11-6-12-30-17)31-13-15-9-5-8-14-7-3-4-10-16(14)15/h3-12H,13H2,1-2H3. The molecular formula is C23H18N4O2S2. The van der Waals surface area contributed by atoms with Crippen LogP contribution in [0.3, 0.4) is 0 Å². The molecule has 3 heterocycles. The normalized spacial score (nSPS) is 11.4. The predicted molar refractivity (Wildman–Crippen MR) is 127 cm³/mol. The van der Waals surface area contributed by atoms with Gasteiger partial charge in [-0.2, -0.15) is 0 Å². The molecular weight excluding hydrogens is 428 g/mol. The predicted octanol–water partition coefficient (Wildman–Crippen LogP) is 4.20. The van der Waals surface area contributed by atoms with Crippen LogP contribution in [-0.2, 0) is 19.8 Å². The van der Waals surface area contributed by atoms with Crippen molar-refractivity contribution in [2.75, 3.05) is 0 Å². The van der Waals surface area contributed by atoms with E-state index < -0.39 is 5.69 Å². The highest BCUT2D eigenvalue weighted by Crippen LogP contribution is 2.31. The van der Waals surface area contributed by atoms with E-state index in [0.29, 0.717) is 27.6 Å². The zero-order chi connectivity index (χ0) is 21.5. The van der Waals surface area contributed by atoms with Crippen LogP contribution in [0.4, 0.5) is 0 Å². The second kappa shape index (κ2) is 7.79. The maximum atomic E-state index is 13.0. The Balaban J connectivity index is 1.69. The molecule has 8 heteroatoms. The summed E-state index contributed by atoms with van der Waals surface area (Å²) < 4.78 is 2.52. The summed E-state index contributed by atoms with van der Waals surface area (Å²) in [6.07, 6.45) is 0. The monoisotopic (exact) mass is 446 g/mol. The van der Waals surface area contributed by atoms with Crippen LogP contribution in [0.1, 0.15) is 5.56 Å². The fourth-order valence-electron chi connectivity index (χ4n) is 3.61. The van der Waals surface area contributed by atoms with Gasteiger partial charge in [0.15, 0.2) is 11.5 Å². The first-order chi connectivity index (χ1) is 15.0. The van der Waals surface area contributed by atoms with Crippen LogP contribution in [0.25, 0.3) is 32.5 Å². The first-order valence-corrected chi connectivity index (χ1v) is 11.5. The number of hydrogen-bond donors (Lipinski definition) is 0. The Hall–Kier alpha value is -3.23. The zero-order valence-corrected chi connectivity index (χ0v) is 18.5. The van der Waals surface area contributed by atoms with Gasteiger partial charge >= 0.3 is 5.69 Å². The summed E-state index contributed by atoms with van der Waals surface area (Å²) in [5.41, 5.74) is 0.732. The van der Waals surface area contributed by atoms with Gasteiger partial charge in [-0.15, -0.1) is 23.1 Å². The van der Waals surface area contributed by atoms with Crippen molar-refractivity contribution < 1.29 is 0 Å². The van der Waals surface area contributed by atoms with Crippen molar-refractivity contribution in [3.05, 3.63) is 86.4 Å². The van der Waals surface area contributed by atoms with Crippen molar-refractivity contribution >= 4 is 44.9 Å². The Labute approximate surface area is 185 Å². The number of rotatable bonds is 4. The number of nitrogens with zero attached hydrogens (tertiary/aromatic N) is 4. The Morgan fingerprint density at radius 3 is 2.55 bits per heavy atom. The second-order valence-corrected chi connectivity index (χ2v) is 9.07. The third-order valence-corrected chi connectivity index (χ3v) is 7.14. The first kappa shape index (κ1) is 19.7. The lowest BCUT2D eigenvalue weighted by atomic mass is 10.1. The third-order valence-electron chi connectivity index (χ3n) is 5.25. The van der Waals surface area contributed by atoms with Gasteiger partial charge in [-0.3, -0.25) is 13.9 Å².